The second-order valence-corrected chi connectivity index (χ2v) is 6.91. The summed E-state index contributed by atoms with van der Waals surface area (Å²) in [5.41, 5.74) is 2.79. The third-order valence-electron chi connectivity index (χ3n) is 4.51. The number of carbonyl (C=O) groups excluding carboxylic acids is 1. The van der Waals surface area contributed by atoms with Gasteiger partial charge < -0.3 is 10.1 Å². The molecule has 0 aliphatic carbocycles. The zero-order chi connectivity index (χ0) is 20.4. The maximum atomic E-state index is 12.7. The molecule has 8 heteroatoms. The van der Waals surface area contributed by atoms with Gasteiger partial charge in [0.05, 0.1) is 30.4 Å². The van der Waals surface area contributed by atoms with Crippen LogP contribution in [0.3, 0.4) is 0 Å². The molecular weight excluding hydrogens is 390 g/mol. The number of aromatic nitrogens is 4. The molecule has 0 saturated carbocycles. The lowest BCUT2D eigenvalue weighted by Gasteiger charge is -2.08. The van der Waals surface area contributed by atoms with Gasteiger partial charge in [-0.2, -0.15) is 5.10 Å². The van der Waals surface area contributed by atoms with E-state index in [2.05, 4.69) is 25.5 Å². The maximum Gasteiger partial charge on any atom is 0.253 e. The lowest BCUT2D eigenvalue weighted by molar-refractivity contribution is 0.0949. The number of benzene rings is 2. The van der Waals surface area contributed by atoms with Crippen LogP contribution in [0, 0.1) is 6.92 Å². The van der Waals surface area contributed by atoms with Crippen LogP contribution in [0.1, 0.15) is 21.9 Å². The van der Waals surface area contributed by atoms with Crippen LogP contribution in [0.5, 0.6) is 5.75 Å². The largest absolute Gasteiger partial charge is 0.497 e. The highest BCUT2D eigenvalue weighted by Crippen LogP contribution is 2.21. The van der Waals surface area contributed by atoms with Gasteiger partial charge in [0.1, 0.15) is 11.6 Å². The van der Waals surface area contributed by atoms with E-state index in [9.17, 15) is 4.79 Å². The van der Waals surface area contributed by atoms with Crippen molar-refractivity contribution in [2.24, 2.45) is 0 Å². The average Bonchev–Trinajstić information content (AvgIpc) is 3.21. The van der Waals surface area contributed by atoms with Gasteiger partial charge in [-0.05, 0) is 55.5 Å². The van der Waals surface area contributed by atoms with Gasteiger partial charge in [-0.3, -0.25) is 14.9 Å². The number of halogens is 1. The van der Waals surface area contributed by atoms with Crippen LogP contribution in [0.25, 0.3) is 22.3 Å². The fourth-order valence-electron chi connectivity index (χ4n) is 2.98. The van der Waals surface area contributed by atoms with E-state index in [-0.39, 0.29) is 12.5 Å². The van der Waals surface area contributed by atoms with Crippen molar-refractivity contribution < 1.29 is 9.53 Å². The first-order chi connectivity index (χ1) is 14.0. The number of H-pyrrole nitrogens is 1. The molecule has 1 amide bonds. The second kappa shape index (κ2) is 7.89. The molecule has 146 valence electrons. The molecule has 2 aromatic heterocycles. The van der Waals surface area contributed by atoms with E-state index >= 15 is 0 Å². The summed E-state index contributed by atoms with van der Waals surface area (Å²) < 4.78 is 5.15. The Labute approximate surface area is 172 Å². The standard InChI is InChI=1S/C21H18ClN5O2/c1-12-17(10-14-9-15(22)5-8-18(14)24-12)21(28)23-11-19-25-20(27-26-19)13-3-6-16(29-2)7-4-13/h3-10H,11H2,1-2H3,(H,23,28)(H,25,26,27). The first-order valence-corrected chi connectivity index (χ1v) is 9.32. The van der Waals surface area contributed by atoms with Crippen molar-refractivity contribution in [3.63, 3.8) is 0 Å². The number of pyridine rings is 1. The number of aryl methyl sites for hydroxylation is 1. The fourth-order valence-corrected chi connectivity index (χ4v) is 3.16. The minimum Gasteiger partial charge on any atom is -0.497 e. The molecule has 0 bridgehead atoms. The third kappa shape index (κ3) is 4.05. The smallest absolute Gasteiger partial charge is 0.253 e. The molecule has 0 fully saturated rings. The number of methoxy groups -OCH3 is 1. The lowest BCUT2D eigenvalue weighted by atomic mass is 10.1. The summed E-state index contributed by atoms with van der Waals surface area (Å²) in [6.07, 6.45) is 0. The molecule has 2 N–H and O–H groups in total. The van der Waals surface area contributed by atoms with Gasteiger partial charge in [-0.25, -0.2) is 4.98 Å². The van der Waals surface area contributed by atoms with E-state index in [1.165, 1.54) is 0 Å². The summed E-state index contributed by atoms with van der Waals surface area (Å²) in [6.45, 7) is 2.02. The van der Waals surface area contributed by atoms with Gasteiger partial charge in [0.15, 0.2) is 5.82 Å². The van der Waals surface area contributed by atoms with Gasteiger partial charge >= 0.3 is 0 Å². The van der Waals surface area contributed by atoms with Crippen molar-refractivity contribution >= 4 is 28.4 Å². The Balaban J connectivity index is 1.48. The summed E-state index contributed by atoms with van der Waals surface area (Å²) in [5, 5.41) is 11.3. The summed E-state index contributed by atoms with van der Waals surface area (Å²) in [4.78, 5) is 21.6. The summed E-state index contributed by atoms with van der Waals surface area (Å²) in [5.74, 6) is 1.63. The molecule has 4 rings (SSSR count). The molecular formula is C21H18ClN5O2. The monoisotopic (exact) mass is 407 g/mol. The predicted octanol–water partition coefficient (Wildman–Crippen LogP) is 3.92. The number of carbonyl (C=O) groups is 1. The Morgan fingerprint density at radius 3 is 2.69 bits per heavy atom. The Bertz CT molecular complexity index is 1190. The van der Waals surface area contributed by atoms with Gasteiger partial charge in [0.2, 0.25) is 0 Å². The van der Waals surface area contributed by atoms with Gasteiger partial charge in [0, 0.05) is 16.0 Å². The minimum absolute atomic E-state index is 0.217. The maximum absolute atomic E-state index is 12.7. The average molecular weight is 408 g/mol. The molecule has 0 aliphatic rings. The number of amides is 1. The van der Waals surface area contributed by atoms with Crippen molar-refractivity contribution in [2.45, 2.75) is 13.5 Å². The first kappa shape index (κ1) is 18.9. The van der Waals surface area contributed by atoms with E-state index in [1.807, 2.05) is 30.3 Å². The van der Waals surface area contributed by atoms with E-state index in [4.69, 9.17) is 16.3 Å². The topological polar surface area (TPSA) is 92.8 Å². The van der Waals surface area contributed by atoms with Crippen LogP contribution in [-0.4, -0.2) is 33.2 Å². The van der Waals surface area contributed by atoms with Crippen molar-refractivity contribution in [3.8, 4) is 17.1 Å². The van der Waals surface area contributed by atoms with E-state index in [1.54, 1.807) is 32.2 Å². The highest BCUT2D eigenvalue weighted by Gasteiger charge is 2.13. The molecule has 0 aliphatic heterocycles. The quantitative estimate of drug-likeness (QED) is 0.523. The fraction of sp³-hybridized carbons (Fsp3) is 0.143. The number of fused-ring (bicyclic) bond motifs is 1. The predicted molar refractivity (Wildman–Crippen MR) is 111 cm³/mol. The number of nitrogens with zero attached hydrogens (tertiary/aromatic N) is 3. The van der Waals surface area contributed by atoms with Crippen LogP contribution in [0.4, 0.5) is 0 Å². The zero-order valence-corrected chi connectivity index (χ0v) is 16.6. The van der Waals surface area contributed by atoms with E-state index in [0.717, 1.165) is 22.2 Å². The Hall–Kier alpha value is -3.45. The number of hydrogen-bond donors (Lipinski definition) is 2. The van der Waals surface area contributed by atoms with Gasteiger partial charge in [0.25, 0.3) is 5.91 Å². The van der Waals surface area contributed by atoms with Gasteiger partial charge in [-0.1, -0.05) is 11.6 Å². The van der Waals surface area contributed by atoms with Crippen molar-refractivity contribution in [1.29, 1.82) is 0 Å². The Kier molecular flexibility index (Phi) is 5.14. The first-order valence-electron chi connectivity index (χ1n) is 8.94. The second-order valence-electron chi connectivity index (χ2n) is 6.48. The molecule has 29 heavy (non-hydrogen) atoms. The molecule has 0 spiro atoms. The van der Waals surface area contributed by atoms with Crippen LogP contribution in [0.15, 0.2) is 48.5 Å². The van der Waals surface area contributed by atoms with Crippen LogP contribution in [-0.2, 0) is 6.54 Å². The summed E-state index contributed by atoms with van der Waals surface area (Å²) in [7, 11) is 1.62. The third-order valence-corrected chi connectivity index (χ3v) is 4.74. The lowest BCUT2D eigenvalue weighted by Crippen LogP contribution is -2.24. The molecule has 0 saturated heterocycles. The summed E-state index contributed by atoms with van der Waals surface area (Å²) in [6, 6.07) is 14.6. The summed E-state index contributed by atoms with van der Waals surface area (Å²) >= 11 is 6.05. The number of ether oxygens (including phenoxy) is 1. The van der Waals surface area contributed by atoms with Crippen molar-refractivity contribution in [2.75, 3.05) is 7.11 Å². The van der Waals surface area contributed by atoms with Crippen LogP contribution >= 0.6 is 11.6 Å². The normalized spacial score (nSPS) is 10.9. The Morgan fingerprint density at radius 1 is 1.14 bits per heavy atom. The van der Waals surface area contributed by atoms with Gasteiger partial charge in [-0.15, -0.1) is 0 Å². The van der Waals surface area contributed by atoms with E-state index < -0.39 is 0 Å². The number of rotatable bonds is 5. The molecule has 0 unspecified atom stereocenters. The Morgan fingerprint density at radius 2 is 1.93 bits per heavy atom. The van der Waals surface area contributed by atoms with Crippen LogP contribution in [0.2, 0.25) is 5.02 Å². The zero-order valence-electron chi connectivity index (χ0n) is 15.9. The molecule has 4 aromatic rings. The minimum atomic E-state index is -0.237. The molecule has 7 nitrogen and oxygen atoms in total. The number of aromatic amines is 1. The molecule has 2 aromatic carbocycles. The molecule has 0 radical (unpaired) electrons. The van der Waals surface area contributed by atoms with Crippen LogP contribution < -0.4 is 10.1 Å². The van der Waals surface area contributed by atoms with Crippen molar-refractivity contribution in [3.05, 3.63) is 70.6 Å². The highest BCUT2D eigenvalue weighted by molar-refractivity contribution is 6.31. The number of hydrogen-bond acceptors (Lipinski definition) is 5. The molecule has 0 atom stereocenters. The highest BCUT2D eigenvalue weighted by atomic mass is 35.5. The number of nitrogens with one attached hydrogen (secondary N) is 2. The van der Waals surface area contributed by atoms with Crippen molar-refractivity contribution in [1.82, 2.24) is 25.5 Å². The molecule has 2 heterocycles. The SMILES string of the molecule is COc1ccc(-c2n[nH]c(CNC(=O)c3cc4cc(Cl)ccc4nc3C)n2)cc1. The van der Waals surface area contributed by atoms with E-state index in [0.29, 0.717) is 27.9 Å².